The summed E-state index contributed by atoms with van der Waals surface area (Å²) in [5.74, 6) is 0.754. The molecule has 0 radical (unpaired) electrons. The molecule has 39 heavy (non-hydrogen) atoms. The highest BCUT2D eigenvalue weighted by Gasteiger charge is 2.41. The van der Waals surface area contributed by atoms with Crippen LogP contribution in [-0.2, 0) is 26.8 Å². The monoisotopic (exact) mass is 551 g/mol. The third-order valence-corrected chi connectivity index (χ3v) is 9.95. The second kappa shape index (κ2) is 9.39. The van der Waals surface area contributed by atoms with Gasteiger partial charge in [0.05, 0.1) is 35.6 Å². The number of benzene rings is 1. The Labute approximate surface area is 225 Å². The number of nitrogens with zero attached hydrogens (tertiary/aromatic N) is 5. The molecule has 3 aliphatic rings. The van der Waals surface area contributed by atoms with Gasteiger partial charge in [-0.15, -0.1) is 0 Å². The van der Waals surface area contributed by atoms with Gasteiger partial charge < -0.3 is 19.9 Å². The summed E-state index contributed by atoms with van der Waals surface area (Å²) >= 11 is 0. The van der Waals surface area contributed by atoms with Gasteiger partial charge in [0.2, 0.25) is 10.0 Å². The summed E-state index contributed by atoms with van der Waals surface area (Å²) in [7, 11) is -2.17. The molecule has 1 saturated carbocycles. The van der Waals surface area contributed by atoms with Gasteiger partial charge in [-0.05, 0) is 61.4 Å². The van der Waals surface area contributed by atoms with E-state index in [2.05, 4.69) is 16.4 Å². The van der Waals surface area contributed by atoms with E-state index in [9.17, 15) is 23.3 Å². The highest BCUT2D eigenvalue weighted by Crippen LogP contribution is 2.39. The maximum absolute atomic E-state index is 13.0. The molecule has 1 saturated heterocycles. The van der Waals surface area contributed by atoms with E-state index in [1.807, 2.05) is 0 Å². The fourth-order valence-electron chi connectivity index (χ4n) is 5.71. The number of hydrogen-bond donors (Lipinski definition) is 2. The van der Waals surface area contributed by atoms with E-state index in [1.54, 1.807) is 44.3 Å². The number of carbonyl (C=O) groups is 1. The van der Waals surface area contributed by atoms with E-state index in [1.165, 1.54) is 7.11 Å². The number of hydrogen-bond acceptors (Lipinski definition) is 8. The van der Waals surface area contributed by atoms with Gasteiger partial charge in [0.25, 0.3) is 5.56 Å². The molecule has 6 rings (SSSR count). The van der Waals surface area contributed by atoms with Crippen molar-refractivity contribution in [2.45, 2.75) is 49.1 Å². The number of nitriles is 1. The number of methoxy groups -OCH3 is 1. The molecule has 4 heterocycles. The van der Waals surface area contributed by atoms with E-state index in [-0.39, 0.29) is 12.0 Å². The molecular weight excluding hydrogens is 522 g/mol. The van der Waals surface area contributed by atoms with Crippen LogP contribution in [0.15, 0.2) is 40.2 Å². The van der Waals surface area contributed by atoms with E-state index in [4.69, 9.17) is 9.84 Å². The van der Waals surface area contributed by atoms with E-state index < -0.39 is 21.7 Å². The molecular formula is C26H29N7O5S. The third-order valence-electron chi connectivity index (χ3n) is 8.03. The molecule has 0 spiro atoms. The Morgan fingerprint density at radius 2 is 2.05 bits per heavy atom. The average molecular weight is 552 g/mol. The van der Waals surface area contributed by atoms with Crippen molar-refractivity contribution in [3.8, 4) is 6.07 Å². The first-order valence-corrected chi connectivity index (χ1v) is 14.4. The Bertz CT molecular complexity index is 1660. The number of aromatic amines is 1. The van der Waals surface area contributed by atoms with Crippen LogP contribution in [0.25, 0.3) is 10.9 Å². The predicted octanol–water partition coefficient (Wildman–Crippen LogP) is 2.85. The summed E-state index contributed by atoms with van der Waals surface area (Å²) in [5.41, 5.74) is 0.832. The van der Waals surface area contributed by atoms with Crippen molar-refractivity contribution in [3.63, 3.8) is 0 Å². The van der Waals surface area contributed by atoms with Crippen molar-refractivity contribution in [2.75, 3.05) is 32.1 Å². The van der Waals surface area contributed by atoms with Crippen LogP contribution < -0.4 is 10.9 Å². The molecule has 2 fully saturated rings. The number of carbonyl (C=O) groups excluding carboxylic acids is 1. The topological polar surface area (TPSA) is 153 Å². The predicted molar refractivity (Wildman–Crippen MR) is 142 cm³/mol. The van der Waals surface area contributed by atoms with Crippen LogP contribution in [0.3, 0.4) is 0 Å². The summed E-state index contributed by atoms with van der Waals surface area (Å²) in [6.45, 7) is 1.64. The summed E-state index contributed by atoms with van der Waals surface area (Å²) in [5, 5.41) is 18.1. The van der Waals surface area contributed by atoms with Gasteiger partial charge in [-0.1, -0.05) is 0 Å². The zero-order valence-electron chi connectivity index (χ0n) is 21.5. The molecule has 2 aromatic heterocycles. The van der Waals surface area contributed by atoms with Gasteiger partial charge in [0, 0.05) is 38.1 Å². The van der Waals surface area contributed by atoms with Crippen molar-refractivity contribution >= 4 is 38.5 Å². The second-order valence-corrected chi connectivity index (χ2v) is 12.4. The van der Waals surface area contributed by atoms with Crippen LogP contribution in [0.5, 0.6) is 0 Å². The molecule has 13 heteroatoms. The first-order valence-electron chi connectivity index (χ1n) is 13.0. The molecule has 204 valence electrons. The maximum atomic E-state index is 13.0. The Morgan fingerprint density at radius 1 is 1.28 bits per heavy atom. The quantitative estimate of drug-likeness (QED) is 0.474. The van der Waals surface area contributed by atoms with Crippen molar-refractivity contribution in [3.05, 3.63) is 46.4 Å². The zero-order valence-corrected chi connectivity index (χ0v) is 22.3. The lowest BCUT2D eigenvalue weighted by molar-refractivity contribution is 0.0794. The van der Waals surface area contributed by atoms with E-state index in [0.717, 1.165) is 12.8 Å². The number of piperidine rings is 1. The highest BCUT2D eigenvalue weighted by atomic mass is 32.2. The SMILES string of the molecule is COC(=O)N1CCC(CC#N)(n2nc(Nc3ccc4c(c3)CN(CC3CC3)S4(=O)=O)c3c(=O)[nH]ccc32)CC1. The fourth-order valence-corrected chi connectivity index (χ4v) is 7.40. The Balaban J connectivity index is 1.35. The van der Waals surface area contributed by atoms with Gasteiger partial charge in [-0.2, -0.15) is 14.7 Å². The average Bonchev–Trinajstić information content (AvgIpc) is 3.61. The lowest BCUT2D eigenvalue weighted by Gasteiger charge is -2.40. The smallest absolute Gasteiger partial charge is 0.409 e. The van der Waals surface area contributed by atoms with Crippen LogP contribution in [0.4, 0.5) is 16.3 Å². The summed E-state index contributed by atoms with van der Waals surface area (Å²) < 4.78 is 34.1. The van der Waals surface area contributed by atoms with Crippen molar-refractivity contribution < 1.29 is 17.9 Å². The van der Waals surface area contributed by atoms with Gasteiger partial charge in [-0.3, -0.25) is 9.48 Å². The zero-order chi connectivity index (χ0) is 27.4. The molecule has 0 unspecified atom stereocenters. The van der Waals surface area contributed by atoms with Gasteiger partial charge in [-0.25, -0.2) is 13.2 Å². The Morgan fingerprint density at radius 3 is 2.74 bits per heavy atom. The molecule has 1 amide bonds. The van der Waals surface area contributed by atoms with Crippen LogP contribution >= 0.6 is 0 Å². The summed E-state index contributed by atoms with van der Waals surface area (Å²) in [6.07, 6.45) is 4.34. The molecule has 0 atom stereocenters. The second-order valence-electron chi connectivity index (χ2n) is 10.5. The third kappa shape index (κ3) is 4.33. The van der Waals surface area contributed by atoms with Crippen molar-refractivity contribution in [1.29, 1.82) is 5.26 Å². The Hall–Kier alpha value is -3.89. The number of pyridine rings is 1. The molecule has 0 bridgehead atoms. The minimum Gasteiger partial charge on any atom is -0.453 e. The van der Waals surface area contributed by atoms with Crippen molar-refractivity contribution in [1.82, 2.24) is 24.0 Å². The number of H-pyrrole nitrogens is 1. The first kappa shape index (κ1) is 25.4. The number of aromatic nitrogens is 3. The summed E-state index contributed by atoms with van der Waals surface area (Å²) in [4.78, 5) is 29.6. The highest BCUT2D eigenvalue weighted by molar-refractivity contribution is 7.89. The normalized spacial score (nSPS) is 19.9. The van der Waals surface area contributed by atoms with E-state index in [0.29, 0.717) is 77.8 Å². The molecule has 1 aromatic carbocycles. The number of fused-ring (bicyclic) bond motifs is 2. The molecule has 3 aromatic rings. The summed E-state index contributed by atoms with van der Waals surface area (Å²) in [6, 6.07) is 9.10. The lowest BCUT2D eigenvalue weighted by Crippen LogP contribution is -2.48. The largest absolute Gasteiger partial charge is 0.453 e. The molecule has 1 aliphatic carbocycles. The number of rotatable bonds is 6. The van der Waals surface area contributed by atoms with Crippen LogP contribution in [-0.4, -0.2) is 65.2 Å². The minimum absolute atomic E-state index is 0.151. The molecule has 12 nitrogen and oxygen atoms in total. The maximum Gasteiger partial charge on any atom is 0.409 e. The number of anilines is 2. The van der Waals surface area contributed by atoms with Crippen LogP contribution in [0.1, 0.15) is 37.7 Å². The van der Waals surface area contributed by atoms with E-state index >= 15 is 0 Å². The van der Waals surface area contributed by atoms with Gasteiger partial charge >= 0.3 is 6.09 Å². The minimum atomic E-state index is -3.51. The lowest BCUT2D eigenvalue weighted by atomic mass is 9.85. The number of ether oxygens (including phenoxy) is 1. The van der Waals surface area contributed by atoms with Crippen LogP contribution in [0.2, 0.25) is 0 Å². The number of likely N-dealkylation sites (tertiary alicyclic amines) is 1. The van der Waals surface area contributed by atoms with Gasteiger partial charge in [0.15, 0.2) is 5.82 Å². The number of sulfonamides is 1. The first-order chi connectivity index (χ1) is 18.8. The van der Waals surface area contributed by atoms with Crippen LogP contribution in [0, 0.1) is 17.2 Å². The standard InChI is InChI=1S/C26H29N7O5S/c1-38-25(35)31-12-8-26(7-10-27,9-13-31)33-20-6-11-28-24(34)22(20)23(30-33)29-19-4-5-21-18(14-19)16-32(39(21,36)37)15-17-2-3-17/h4-6,11,14,17H,2-3,7-9,12-13,15-16H2,1H3,(H,28,34)(H,29,30). The molecule has 2 N–H and O–H groups in total. The van der Waals surface area contributed by atoms with Crippen molar-refractivity contribution in [2.24, 2.45) is 5.92 Å². The number of nitrogens with one attached hydrogen (secondary N) is 2. The number of amides is 1. The fraction of sp³-hybridized carbons (Fsp3) is 0.462. The molecule has 2 aliphatic heterocycles. The Kier molecular flexibility index (Phi) is 6.11. The van der Waals surface area contributed by atoms with Gasteiger partial charge in [0.1, 0.15) is 5.39 Å².